The number of alkyl halides is 5. The number of amides is 1. The number of benzene rings is 3. The predicted molar refractivity (Wildman–Crippen MR) is 232 cm³/mol. The molecule has 9 rings (SSSR count). The van der Waals surface area contributed by atoms with E-state index in [1.807, 2.05) is 29.8 Å². The number of nitrogens with two attached hydrogens (primary N) is 1. The van der Waals surface area contributed by atoms with Gasteiger partial charge in [-0.25, -0.2) is 4.79 Å². The van der Waals surface area contributed by atoms with Gasteiger partial charge in [0, 0.05) is 54.0 Å². The van der Waals surface area contributed by atoms with Crippen molar-refractivity contribution in [3.05, 3.63) is 104 Å². The SMILES string of the molecule is COc1c(C)cc2c(c1O)[C@@H]1[C@@H]3Cc4c(OC(C)=O)c(C)c5c(c4[C@H](CNC(=O)/C=C/c4cccc(C(F)(F)F)c4)N3[C@@H](O)[C@H](C2)N1C)OCO5.Nc1ccn([C@@H]2O[C@H](CO)[C@@H](O)C2(F)F)c(=O)n1. The van der Waals surface area contributed by atoms with Crippen molar-refractivity contribution in [2.45, 2.75) is 94.5 Å². The van der Waals surface area contributed by atoms with Crippen molar-refractivity contribution in [2.75, 3.05) is 39.8 Å². The molecule has 69 heavy (non-hydrogen) atoms. The summed E-state index contributed by atoms with van der Waals surface area (Å²) in [5.74, 6) is -3.50. The molecule has 7 N–H and O–H groups in total. The number of esters is 1. The molecule has 370 valence electrons. The monoisotopic (exact) mass is 972 g/mol. The second-order valence-corrected chi connectivity index (χ2v) is 17.3. The van der Waals surface area contributed by atoms with Gasteiger partial charge >= 0.3 is 23.8 Å². The van der Waals surface area contributed by atoms with Gasteiger partial charge in [0.1, 0.15) is 23.9 Å². The van der Waals surface area contributed by atoms with Crippen LogP contribution in [0.25, 0.3) is 6.08 Å². The number of ether oxygens (including phenoxy) is 5. The maximum Gasteiger partial charge on any atom is 0.416 e. The fourth-order valence-corrected chi connectivity index (χ4v) is 10.1. The van der Waals surface area contributed by atoms with E-state index in [-0.39, 0.29) is 36.9 Å². The Labute approximate surface area is 390 Å². The van der Waals surface area contributed by atoms with Gasteiger partial charge in [0.25, 0.3) is 0 Å². The molecular formula is C46H49F5N6O12. The van der Waals surface area contributed by atoms with E-state index in [9.17, 15) is 51.7 Å². The molecule has 6 heterocycles. The lowest BCUT2D eigenvalue weighted by Crippen LogP contribution is -2.69. The number of methoxy groups -OCH3 is 1. The molecule has 0 aliphatic carbocycles. The van der Waals surface area contributed by atoms with Gasteiger partial charge in [0.15, 0.2) is 29.1 Å². The highest BCUT2D eigenvalue weighted by molar-refractivity contribution is 5.91. The molecule has 18 nitrogen and oxygen atoms in total. The number of carbonyl (C=O) groups excluding carboxylic acids is 2. The van der Waals surface area contributed by atoms with Gasteiger partial charge in [0.05, 0.1) is 37.4 Å². The highest BCUT2D eigenvalue weighted by Gasteiger charge is 2.60. The predicted octanol–water partition coefficient (Wildman–Crippen LogP) is 3.43. The molecule has 2 fully saturated rings. The summed E-state index contributed by atoms with van der Waals surface area (Å²) >= 11 is 0. The van der Waals surface area contributed by atoms with E-state index < -0.39 is 90.7 Å². The van der Waals surface area contributed by atoms with Crippen molar-refractivity contribution in [2.24, 2.45) is 0 Å². The number of aromatic nitrogens is 2. The molecule has 2 saturated heterocycles. The average Bonchev–Trinajstić information content (AvgIpc) is 3.87. The van der Waals surface area contributed by atoms with Crippen LogP contribution in [0, 0.1) is 13.8 Å². The minimum atomic E-state index is -4.53. The molecule has 8 atom stereocenters. The molecule has 2 bridgehead atoms. The first kappa shape index (κ1) is 49.1. The number of aryl methyl sites for hydroxylation is 1. The molecule has 4 aromatic rings. The number of phenols is 1. The van der Waals surface area contributed by atoms with Gasteiger partial charge in [-0.1, -0.05) is 18.2 Å². The number of anilines is 1. The minimum Gasteiger partial charge on any atom is -0.504 e. The Morgan fingerprint density at radius 1 is 1.06 bits per heavy atom. The third kappa shape index (κ3) is 8.71. The summed E-state index contributed by atoms with van der Waals surface area (Å²) in [4.78, 5) is 44.4. The Kier molecular flexibility index (Phi) is 13.2. The number of likely N-dealkylation sites (N-methyl/N-ethyl adjacent to an activating group) is 1. The van der Waals surface area contributed by atoms with Crippen molar-refractivity contribution in [1.29, 1.82) is 0 Å². The molecule has 0 saturated carbocycles. The lowest BCUT2D eigenvalue weighted by atomic mass is 9.73. The standard InChI is InChI=1S/C37H38F3N3O8.C9H11F2N3O4/c1-17-11-21-13-25-36(47)43-24(30(42(25)4)28(21)31(46)32(17)48-5)14-23-29(35-34(49-16-50-35)18(2)33(23)51-19(3)44)26(43)15-41-27(45)10-9-20-7-6-8-22(12-20)37(38,39)40;10-9(11)6(16)4(3-15)18-7(9)14-2-1-5(12)13-8(14)17/h6-12,24-26,30,36,46-47H,13-16H2,1-5H3,(H,41,45);1-2,4,6-7,15-16H,3H2,(H2,12,13,17)/b10-9+;/t24-,25-,26-,30-,36-;4-,6-,7-/m01/s1. The van der Waals surface area contributed by atoms with E-state index in [4.69, 9.17) is 34.5 Å². The summed E-state index contributed by atoms with van der Waals surface area (Å²) in [6, 6.07) is 5.63. The Balaban J connectivity index is 0.000000299. The number of aliphatic hydroxyl groups is 3. The number of halogens is 5. The molecule has 1 amide bonds. The van der Waals surface area contributed by atoms with Crippen LogP contribution in [0.2, 0.25) is 0 Å². The summed E-state index contributed by atoms with van der Waals surface area (Å²) in [7, 11) is 3.39. The van der Waals surface area contributed by atoms with Gasteiger partial charge in [-0.2, -0.15) is 26.9 Å². The van der Waals surface area contributed by atoms with Crippen LogP contribution in [0.4, 0.5) is 27.8 Å². The van der Waals surface area contributed by atoms with Gasteiger partial charge in [-0.05, 0) is 74.7 Å². The van der Waals surface area contributed by atoms with Crippen molar-refractivity contribution in [1.82, 2.24) is 24.7 Å². The fourth-order valence-electron chi connectivity index (χ4n) is 10.1. The Bertz CT molecular complexity index is 2770. The van der Waals surface area contributed by atoms with Crippen LogP contribution < -0.4 is 35.7 Å². The van der Waals surface area contributed by atoms with E-state index >= 15 is 0 Å². The molecule has 3 aromatic carbocycles. The Hall–Kier alpha value is -6.37. The van der Waals surface area contributed by atoms with Crippen molar-refractivity contribution >= 4 is 23.8 Å². The summed E-state index contributed by atoms with van der Waals surface area (Å²) < 4.78 is 95.8. The number of fused-ring (bicyclic) bond motifs is 9. The Morgan fingerprint density at radius 3 is 2.43 bits per heavy atom. The number of nitrogens with zero attached hydrogens (tertiary/aromatic N) is 4. The molecule has 0 unspecified atom stereocenters. The van der Waals surface area contributed by atoms with Crippen LogP contribution in [0.1, 0.15) is 69.7 Å². The van der Waals surface area contributed by atoms with Crippen molar-refractivity contribution in [3.8, 4) is 28.7 Å². The van der Waals surface area contributed by atoms with E-state index in [1.165, 1.54) is 32.2 Å². The van der Waals surface area contributed by atoms with Gasteiger partial charge in [-0.15, -0.1) is 0 Å². The number of rotatable bonds is 8. The highest BCUT2D eigenvalue weighted by atomic mass is 19.4. The zero-order chi connectivity index (χ0) is 50.0. The summed E-state index contributed by atoms with van der Waals surface area (Å²) in [5.41, 5.74) is 7.65. The number of carbonyl (C=O) groups is 2. The van der Waals surface area contributed by atoms with Crippen LogP contribution in [-0.2, 0) is 33.3 Å². The number of hydrogen-bond acceptors (Lipinski definition) is 16. The first-order chi connectivity index (χ1) is 32.6. The number of piperazine rings is 1. The van der Waals surface area contributed by atoms with Crippen LogP contribution >= 0.6 is 0 Å². The zero-order valence-electron chi connectivity index (χ0n) is 37.7. The zero-order valence-corrected chi connectivity index (χ0v) is 37.7. The Morgan fingerprint density at radius 2 is 1.78 bits per heavy atom. The van der Waals surface area contributed by atoms with Crippen LogP contribution in [-0.4, -0.2) is 122 Å². The molecule has 23 heteroatoms. The average molecular weight is 973 g/mol. The maximum absolute atomic E-state index is 13.7. The summed E-state index contributed by atoms with van der Waals surface area (Å²) in [6.45, 7) is 3.97. The van der Waals surface area contributed by atoms with Crippen LogP contribution in [0.3, 0.4) is 0 Å². The van der Waals surface area contributed by atoms with E-state index in [0.29, 0.717) is 56.2 Å². The third-order valence-corrected chi connectivity index (χ3v) is 13.1. The molecule has 5 aliphatic rings. The quantitative estimate of drug-likeness (QED) is 0.0642. The lowest BCUT2D eigenvalue weighted by Gasteiger charge is -2.60. The number of nitrogens with one attached hydrogen (secondary N) is 1. The molecular weight excluding hydrogens is 924 g/mol. The molecule has 0 spiro atoms. The second kappa shape index (κ2) is 18.5. The molecule has 0 radical (unpaired) electrons. The van der Waals surface area contributed by atoms with Gasteiger partial charge < -0.3 is 55.2 Å². The van der Waals surface area contributed by atoms with Crippen LogP contribution in [0.15, 0.2) is 53.5 Å². The van der Waals surface area contributed by atoms with Gasteiger partial charge in [-0.3, -0.25) is 24.0 Å². The van der Waals surface area contributed by atoms with Crippen LogP contribution in [0.5, 0.6) is 28.7 Å². The molecule has 1 aromatic heterocycles. The van der Waals surface area contributed by atoms with E-state index in [0.717, 1.165) is 41.6 Å². The number of nitrogen functional groups attached to an aromatic ring is 1. The first-order valence-electron chi connectivity index (χ1n) is 21.6. The maximum atomic E-state index is 13.7. The number of aliphatic hydroxyl groups excluding tert-OH is 3. The van der Waals surface area contributed by atoms with Crippen molar-refractivity contribution < 1.29 is 75.7 Å². The smallest absolute Gasteiger partial charge is 0.416 e. The highest BCUT2D eigenvalue weighted by Crippen LogP contribution is 2.58. The molecule has 5 aliphatic heterocycles. The van der Waals surface area contributed by atoms with E-state index in [1.54, 1.807) is 6.92 Å². The first-order valence-corrected chi connectivity index (χ1v) is 21.6. The fraction of sp³-hybridized carbons (Fsp3) is 0.435. The summed E-state index contributed by atoms with van der Waals surface area (Å²) in [5, 5.41) is 44.8. The normalized spacial score (nSPS) is 25.5. The number of hydrogen-bond donors (Lipinski definition) is 6. The van der Waals surface area contributed by atoms with Crippen molar-refractivity contribution in [3.63, 3.8) is 0 Å². The number of phenolic OH excluding ortho intramolecular Hbond substituents is 1. The van der Waals surface area contributed by atoms with Gasteiger partial charge in [0.2, 0.25) is 18.9 Å². The van der Waals surface area contributed by atoms with E-state index in [2.05, 4.69) is 10.3 Å². The largest absolute Gasteiger partial charge is 0.504 e. The minimum absolute atomic E-state index is 0.0107. The lowest BCUT2D eigenvalue weighted by molar-refractivity contribution is -0.172. The topological polar surface area (TPSA) is 241 Å². The number of aromatic hydroxyl groups is 1. The second-order valence-electron chi connectivity index (χ2n) is 17.3. The summed E-state index contributed by atoms with van der Waals surface area (Å²) in [6.07, 6.45) is -7.14. The third-order valence-electron chi connectivity index (χ3n) is 13.1.